The molecule has 144 valence electrons. The maximum Gasteiger partial charge on any atom is 0.238 e. The van der Waals surface area contributed by atoms with Crippen LogP contribution < -0.4 is 10.6 Å². The lowest BCUT2D eigenvalue weighted by Crippen LogP contribution is -2.51. The monoisotopic (exact) mass is 360 g/mol. The quantitative estimate of drug-likeness (QED) is 0.658. The second kappa shape index (κ2) is 10.9. The van der Waals surface area contributed by atoms with Gasteiger partial charge in [-0.2, -0.15) is 0 Å². The molecule has 2 rings (SSSR count). The molecule has 0 unspecified atom stereocenters. The van der Waals surface area contributed by atoms with Gasteiger partial charge in [0.25, 0.3) is 0 Å². The molecule has 0 bridgehead atoms. The van der Waals surface area contributed by atoms with Crippen LogP contribution in [0, 0.1) is 0 Å². The van der Waals surface area contributed by atoms with Crippen molar-refractivity contribution in [3.63, 3.8) is 0 Å². The maximum atomic E-state index is 12.2. The molecule has 1 aliphatic heterocycles. The van der Waals surface area contributed by atoms with Crippen molar-refractivity contribution in [3.8, 4) is 0 Å². The molecule has 6 nitrogen and oxygen atoms in total. The molecule has 0 spiro atoms. The van der Waals surface area contributed by atoms with Crippen LogP contribution in [0.15, 0.2) is 24.3 Å². The van der Waals surface area contributed by atoms with Gasteiger partial charge in [-0.05, 0) is 30.5 Å². The number of nitrogens with one attached hydrogen (secondary N) is 2. The molecule has 1 aromatic carbocycles. The van der Waals surface area contributed by atoms with E-state index < -0.39 is 0 Å². The van der Waals surface area contributed by atoms with Crippen molar-refractivity contribution in [1.29, 1.82) is 0 Å². The van der Waals surface area contributed by atoms with E-state index in [0.29, 0.717) is 13.1 Å². The summed E-state index contributed by atoms with van der Waals surface area (Å²) in [6.45, 7) is 9.09. The van der Waals surface area contributed by atoms with E-state index in [2.05, 4.69) is 34.3 Å². The predicted octanol–water partition coefficient (Wildman–Crippen LogP) is 1.72. The Morgan fingerprint density at radius 3 is 2.04 bits per heavy atom. The van der Waals surface area contributed by atoms with Gasteiger partial charge in [0.05, 0.1) is 13.1 Å². The van der Waals surface area contributed by atoms with Crippen molar-refractivity contribution in [2.45, 2.75) is 33.1 Å². The Kier molecular flexibility index (Phi) is 8.58. The first kappa shape index (κ1) is 20.4. The average molecular weight is 361 g/mol. The van der Waals surface area contributed by atoms with Crippen LogP contribution in [-0.4, -0.2) is 67.4 Å². The zero-order chi connectivity index (χ0) is 18.8. The number of hydrogen-bond donors (Lipinski definition) is 2. The molecule has 0 saturated carbocycles. The van der Waals surface area contributed by atoms with Gasteiger partial charge in [0, 0.05) is 38.4 Å². The van der Waals surface area contributed by atoms with Crippen LogP contribution in [0.4, 0.5) is 5.69 Å². The third kappa shape index (κ3) is 7.14. The van der Waals surface area contributed by atoms with Crippen molar-refractivity contribution in [2.75, 3.05) is 51.1 Å². The third-order valence-corrected chi connectivity index (χ3v) is 4.70. The molecule has 0 radical (unpaired) electrons. The van der Waals surface area contributed by atoms with Crippen molar-refractivity contribution in [2.24, 2.45) is 0 Å². The highest BCUT2D eigenvalue weighted by Gasteiger charge is 2.20. The van der Waals surface area contributed by atoms with Gasteiger partial charge >= 0.3 is 0 Å². The minimum Gasteiger partial charge on any atom is -0.355 e. The lowest BCUT2D eigenvalue weighted by molar-refractivity contribution is -0.123. The van der Waals surface area contributed by atoms with Gasteiger partial charge in [0.2, 0.25) is 11.8 Å². The van der Waals surface area contributed by atoms with Gasteiger partial charge in [-0.15, -0.1) is 0 Å². The number of rotatable bonds is 9. The first-order valence-electron chi connectivity index (χ1n) is 9.71. The van der Waals surface area contributed by atoms with Gasteiger partial charge in [0.15, 0.2) is 0 Å². The molecule has 6 heteroatoms. The molecule has 2 amide bonds. The number of nitrogens with zero attached hydrogens (tertiary/aromatic N) is 2. The van der Waals surface area contributed by atoms with Crippen LogP contribution in [0.3, 0.4) is 0 Å². The molecular formula is C20H32N4O2. The normalized spacial score (nSPS) is 15.6. The highest BCUT2D eigenvalue weighted by atomic mass is 16.2. The van der Waals surface area contributed by atoms with Crippen LogP contribution in [0.25, 0.3) is 0 Å². The lowest BCUT2D eigenvalue weighted by Gasteiger charge is -2.33. The zero-order valence-corrected chi connectivity index (χ0v) is 16.1. The topological polar surface area (TPSA) is 64.7 Å². The van der Waals surface area contributed by atoms with Gasteiger partial charge in [-0.25, -0.2) is 0 Å². The summed E-state index contributed by atoms with van der Waals surface area (Å²) in [5.74, 6) is 0.111. The number of anilines is 1. The molecular weight excluding hydrogens is 328 g/mol. The largest absolute Gasteiger partial charge is 0.355 e. The number of piperazine rings is 1. The van der Waals surface area contributed by atoms with E-state index in [4.69, 9.17) is 0 Å². The van der Waals surface area contributed by atoms with Crippen LogP contribution >= 0.6 is 0 Å². The number of amides is 2. The van der Waals surface area contributed by atoms with Crippen LogP contribution in [0.5, 0.6) is 0 Å². The minimum absolute atomic E-state index is 0.0139. The molecule has 1 aromatic rings. The summed E-state index contributed by atoms with van der Waals surface area (Å²) < 4.78 is 0. The molecule has 1 saturated heterocycles. The highest BCUT2D eigenvalue weighted by molar-refractivity contribution is 5.92. The fourth-order valence-corrected chi connectivity index (χ4v) is 3.00. The lowest BCUT2D eigenvalue weighted by atomic mass is 10.1. The maximum absolute atomic E-state index is 12.2. The number of hydrogen-bond acceptors (Lipinski definition) is 4. The summed E-state index contributed by atoms with van der Waals surface area (Å²) in [5.41, 5.74) is 2.10. The van der Waals surface area contributed by atoms with Crippen molar-refractivity contribution < 1.29 is 9.59 Å². The van der Waals surface area contributed by atoms with E-state index in [1.54, 1.807) is 0 Å². The van der Waals surface area contributed by atoms with Crippen molar-refractivity contribution in [1.82, 2.24) is 15.1 Å². The number of benzene rings is 1. The van der Waals surface area contributed by atoms with Crippen LogP contribution in [0.2, 0.25) is 0 Å². The van der Waals surface area contributed by atoms with E-state index in [1.807, 2.05) is 24.3 Å². The summed E-state index contributed by atoms with van der Waals surface area (Å²) in [7, 11) is 0. The Hall–Kier alpha value is -1.92. The van der Waals surface area contributed by atoms with Crippen molar-refractivity contribution in [3.05, 3.63) is 29.8 Å². The summed E-state index contributed by atoms with van der Waals surface area (Å²) in [4.78, 5) is 28.4. The average Bonchev–Trinajstić information content (AvgIpc) is 2.64. The first-order valence-corrected chi connectivity index (χ1v) is 9.71. The third-order valence-electron chi connectivity index (χ3n) is 4.70. The summed E-state index contributed by atoms with van der Waals surface area (Å²) in [5, 5.41) is 5.91. The number of aryl methyl sites for hydroxylation is 1. The van der Waals surface area contributed by atoms with E-state index in [1.165, 1.54) is 5.56 Å². The summed E-state index contributed by atoms with van der Waals surface area (Å²) in [6, 6.07) is 7.98. The highest BCUT2D eigenvalue weighted by Crippen LogP contribution is 2.10. The molecule has 0 atom stereocenters. The molecule has 0 aliphatic carbocycles. The second-order valence-electron chi connectivity index (χ2n) is 6.85. The SMILES string of the molecule is CCCCNC(=O)CN1CCN(CC(=O)Nc2ccc(CC)cc2)CC1. The molecule has 0 aromatic heterocycles. The van der Waals surface area contributed by atoms with E-state index in [9.17, 15) is 9.59 Å². The van der Waals surface area contributed by atoms with E-state index >= 15 is 0 Å². The smallest absolute Gasteiger partial charge is 0.238 e. The molecule has 2 N–H and O–H groups in total. The summed E-state index contributed by atoms with van der Waals surface area (Å²) in [6.07, 6.45) is 3.11. The van der Waals surface area contributed by atoms with Gasteiger partial charge in [-0.3, -0.25) is 19.4 Å². The fraction of sp³-hybridized carbons (Fsp3) is 0.600. The Balaban J connectivity index is 1.66. The van der Waals surface area contributed by atoms with Crippen LogP contribution in [0.1, 0.15) is 32.3 Å². The minimum atomic E-state index is 0.0139. The standard InChI is InChI=1S/C20H32N4O2/c1-3-5-10-21-19(25)15-23-11-13-24(14-12-23)16-20(26)22-18-8-6-17(4-2)7-9-18/h6-9H,3-5,10-16H2,1-2H3,(H,21,25)(H,22,26). The summed E-state index contributed by atoms with van der Waals surface area (Å²) >= 11 is 0. The zero-order valence-electron chi connectivity index (χ0n) is 16.1. The second-order valence-corrected chi connectivity index (χ2v) is 6.85. The van der Waals surface area contributed by atoms with Gasteiger partial charge < -0.3 is 10.6 Å². The first-order chi connectivity index (χ1) is 12.6. The molecule has 1 fully saturated rings. The predicted molar refractivity (Wildman–Crippen MR) is 105 cm³/mol. The Morgan fingerprint density at radius 2 is 1.50 bits per heavy atom. The Labute approximate surface area is 156 Å². The number of carbonyl (C=O) groups excluding carboxylic acids is 2. The Morgan fingerprint density at radius 1 is 0.923 bits per heavy atom. The van der Waals surface area contributed by atoms with E-state index in [0.717, 1.165) is 57.7 Å². The van der Waals surface area contributed by atoms with Crippen molar-refractivity contribution >= 4 is 17.5 Å². The Bertz CT molecular complexity index is 566. The molecule has 26 heavy (non-hydrogen) atoms. The number of unbranched alkanes of at least 4 members (excludes halogenated alkanes) is 1. The van der Waals surface area contributed by atoms with E-state index in [-0.39, 0.29) is 11.8 Å². The number of carbonyl (C=O) groups is 2. The van der Waals surface area contributed by atoms with Gasteiger partial charge in [0.1, 0.15) is 0 Å². The fourth-order valence-electron chi connectivity index (χ4n) is 3.00. The van der Waals surface area contributed by atoms with Crippen LogP contribution in [-0.2, 0) is 16.0 Å². The molecule has 1 aliphatic rings. The van der Waals surface area contributed by atoms with Gasteiger partial charge in [-0.1, -0.05) is 32.4 Å². The molecule has 1 heterocycles.